The molecule has 0 aromatic heterocycles. The van der Waals surface area contributed by atoms with Crippen molar-refractivity contribution in [2.24, 2.45) is 0 Å². The first-order valence-electron chi connectivity index (χ1n) is 15.6. The first-order valence-corrected chi connectivity index (χ1v) is 15.6. The van der Waals surface area contributed by atoms with E-state index in [9.17, 15) is 0 Å². The molecule has 1 N–H and O–H groups in total. The molecule has 0 amide bonds. The predicted octanol–water partition coefficient (Wildman–Crippen LogP) is 11.1. The molecule has 2 nitrogen and oxygen atoms in total. The minimum Gasteiger partial charge on any atom is -0.870 e. The second-order valence-electron chi connectivity index (χ2n) is 11.1. The summed E-state index contributed by atoms with van der Waals surface area (Å²) in [6.07, 6.45) is 25.6. The van der Waals surface area contributed by atoms with Gasteiger partial charge < -0.3 is 5.48 Å². The minimum atomic E-state index is 0. The second-order valence-corrected chi connectivity index (χ2v) is 11.1. The van der Waals surface area contributed by atoms with Crippen LogP contribution in [0.1, 0.15) is 136 Å². The lowest BCUT2D eigenvalue weighted by Gasteiger charge is -2.39. The first-order chi connectivity index (χ1) is 17.3. The van der Waals surface area contributed by atoms with Crippen LogP contribution >= 0.6 is 0 Å². The first kappa shape index (κ1) is 32.6. The van der Waals surface area contributed by atoms with Crippen LogP contribution in [-0.2, 0) is 0 Å². The molecule has 0 unspecified atom stereocenters. The van der Waals surface area contributed by atoms with Crippen LogP contribution < -0.4 is 4.48 Å². The molecular formula is C34H59NO. The third kappa shape index (κ3) is 11.8. The number of hydrogen-bond donors (Lipinski definition) is 0. The monoisotopic (exact) mass is 497 g/mol. The Bertz CT molecular complexity index is 759. The average Bonchev–Trinajstić information content (AvgIpc) is 2.88. The van der Waals surface area contributed by atoms with Crippen molar-refractivity contribution in [3.8, 4) is 0 Å². The van der Waals surface area contributed by atoms with E-state index in [1.165, 1.54) is 150 Å². The van der Waals surface area contributed by atoms with Gasteiger partial charge in [-0.25, -0.2) is 0 Å². The lowest BCUT2D eigenvalue weighted by molar-refractivity contribution is 0.267. The van der Waals surface area contributed by atoms with E-state index >= 15 is 0 Å². The van der Waals surface area contributed by atoms with Gasteiger partial charge in [0, 0.05) is 5.39 Å². The van der Waals surface area contributed by atoms with Crippen LogP contribution in [0.4, 0.5) is 5.69 Å². The van der Waals surface area contributed by atoms with Crippen LogP contribution in [0, 0.1) is 0 Å². The normalized spacial score (nSPS) is 11.6. The Hall–Kier alpha value is -1.38. The third-order valence-corrected chi connectivity index (χ3v) is 8.02. The van der Waals surface area contributed by atoms with Crippen LogP contribution in [0.2, 0.25) is 0 Å². The number of hydrogen-bond acceptors (Lipinski definition) is 1. The zero-order chi connectivity index (χ0) is 25.0. The summed E-state index contributed by atoms with van der Waals surface area (Å²) < 4.78 is 1.17. The smallest absolute Gasteiger partial charge is 0.140 e. The van der Waals surface area contributed by atoms with Crippen molar-refractivity contribution in [3.05, 3.63) is 42.5 Å². The van der Waals surface area contributed by atoms with Gasteiger partial charge in [0.1, 0.15) is 5.69 Å². The Morgan fingerprint density at radius 2 is 0.889 bits per heavy atom. The van der Waals surface area contributed by atoms with Crippen molar-refractivity contribution in [3.63, 3.8) is 0 Å². The van der Waals surface area contributed by atoms with Gasteiger partial charge >= 0.3 is 0 Å². The van der Waals surface area contributed by atoms with Gasteiger partial charge in [-0.2, -0.15) is 0 Å². The number of fused-ring (bicyclic) bond motifs is 1. The Labute approximate surface area is 224 Å². The van der Waals surface area contributed by atoms with Crippen LogP contribution in [0.25, 0.3) is 10.8 Å². The van der Waals surface area contributed by atoms with Gasteiger partial charge in [-0.3, -0.25) is 4.48 Å². The number of nitrogens with zero attached hydrogens (tertiary/aromatic N) is 1. The molecule has 0 aliphatic heterocycles. The second kappa shape index (κ2) is 20.7. The van der Waals surface area contributed by atoms with E-state index in [2.05, 4.69) is 63.2 Å². The van der Waals surface area contributed by atoms with Crippen molar-refractivity contribution in [1.29, 1.82) is 0 Å². The standard InChI is InChI=1S/C34H58N.H2O/c1-4-7-8-9-10-11-12-13-14-15-16-17-18-19-20-23-31-35(29-5-2,30-6-3)34-28-24-26-32-25-21-22-27-33(32)34;/h21-22,24-28H,4-20,23,29-31H2,1-3H3;1H2/q+1;/p-1. The third-order valence-electron chi connectivity index (χ3n) is 8.02. The highest BCUT2D eigenvalue weighted by Crippen LogP contribution is 2.33. The van der Waals surface area contributed by atoms with E-state index in [0.717, 1.165) is 0 Å². The highest BCUT2D eigenvalue weighted by molar-refractivity contribution is 5.93. The molecule has 2 aromatic carbocycles. The van der Waals surface area contributed by atoms with Gasteiger partial charge in [0.15, 0.2) is 0 Å². The molecular weight excluding hydrogens is 438 g/mol. The zero-order valence-electron chi connectivity index (χ0n) is 24.3. The van der Waals surface area contributed by atoms with Gasteiger partial charge in [-0.1, -0.05) is 141 Å². The van der Waals surface area contributed by atoms with Crippen LogP contribution in [-0.4, -0.2) is 25.1 Å². The summed E-state index contributed by atoms with van der Waals surface area (Å²) in [5.41, 5.74) is 1.56. The fourth-order valence-electron chi connectivity index (χ4n) is 6.14. The maximum atomic E-state index is 2.42. The van der Waals surface area contributed by atoms with Crippen LogP contribution in [0.5, 0.6) is 0 Å². The van der Waals surface area contributed by atoms with Gasteiger partial charge in [0.2, 0.25) is 0 Å². The zero-order valence-corrected chi connectivity index (χ0v) is 24.3. The summed E-state index contributed by atoms with van der Waals surface area (Å²) in [6, 6.07) is 16.0. The molecule has 2 aromatic rings. The summed E-state index contributed by atoms with van der Waals surface area (Å²) in [5.74, 6) is 0. The highest BCUT2D eigenvalue weighted by Gasteiger charge is 2.29. The predicted molar refractivity (Wildman–Crippen MR) is 162 cm³/mol. The summed E-state index contributed by atoms with van der Waals surface area (Å²) in [5, 5.41) is 2.86. The summed E-state index contributed by atoms with van der Waals surface area (Å²) in [7, 11) is 0. The quantitative estimate of drug-likeness (QED) is 0.117. The number of benzene rings is 2. The van der Waals surface area contributed by atoms with Gasteiger partial charge in [-0.05, 0) is 43.2 Å². The van der Waals surface area contributed by atoms with E-state index in [-0.39, 0.29) is 5.48 Å². The molecule has 206 valence electrons. The number of quaternary nitrogens is 1. The van der Waals surface area contributed by atoms with Crippen molar-refractivity contribution in [1.82, 2.24) is 4.48 Å². The molecule has 0 heterocycles. The molecule has 2 heteroatoms. The maximum absolute atomic E-state index is 2.42. The molecule has 0 atom stereocenters. The van der Waals surface area contributed by atoms with Crippen LogP contribution in [0.3, 0.4) is 0 Å². The lowest BCUT2D eigenvalue weighted by Crippen LogP contribution is -2.51. The summed E-state index contributed by atoms with van der Waals surface area (Å²) in [4.78, 5) is 0. The van der Waals surface area contributed by atoms with E-state index in [1.807, 2.05) is 0 Å². The maximum Gasteiger partial charge on any atom is 0.140 e. The molecule has 0 bridgehead atoms. The molecule has 0 aliphatic rings. The fraction of sp³-hybridized carbons (Fsp3) is 0.706. The molecule has 36 heavy (non-hydrogen) atoms. The minimum absolute atomic E-state index is 0. The molecule has 0 radical (unpaired) electrons. The molecule has 0 saturated heterocycles. The molecule has 0 fully saturated rings. The Morgan fingerprint density at radius 1 is 0.444 bits per heavy atom. The number of unbranched alkanes of at least 4 members (excludes halogenated alkanes) is 15. The number of rotatable bonds is 22. The highest BCUT2D eigenvalue weighted by atomic mass is 16.0. The average molecular weight is 498 g/mol. The molecule has 2 rings (SSSR count). The topological polar surface area (TPSA) is 30.0 Å². The molecule has 0 aliphatic carbocycles. The Kier molecular flexibility index (Phi) is 18.7. The summed E-state index contributed by atoms with van der Waals surface area (Å²) >= 11 is 0. The van der Waals surface area contributed by atoms with Crippen LogP contribution in [0.15, 0.2) is 42.5 Å². The van der Waals surface area contributed by atoms with E-state index in [1.54, 1.807) is 5.69 Å². The van der Waals surface area contributed by atoms with Crippen molar-refractivity contribution < 1.29 is 5.48 Å². The summed E-state index contributed by atoms with van der Waals surface area (Å²) in [6.45, 7) is 10.9. The van der Waals surface area contributed by atoms with Gasteiger partial charge in [0.25, 0.3) is 0 Å². The van der Waals surface area contributed by atoms with Gasteiger partial charge in [0.05, 0.1) is 19.6 Å². The van der Waals surface area contributed by atoms with E-state index in [4.69, 9.17) is 0 Å². The lowest BCUT2D eigenvalue weighted by atomic mass is 10.0. The largest absolute Gasteiger partial charge is 0.870 e. The van der Waals surface area contributed by atoms with Crippen molar-refractivity contribution in [2.75, 3.05) is 19.6 Å². The van der Waals surface area contributed by atoms with E-state index in [0.29, 0.717) is 0 Å². The van der Waals surface area contributed by atoms with Crippen molar-refractivity contribution in [2.45, 2.75) is 136 Å². The van der Waals surface area contributed by atoms with E-state index < -0.39 is 0 Å². The Morgan fingerprint density at radius 3 is 1.39 bits per heavy atom. The van der Waals surface area contributed by atoms with Crippen molar-refractivity contribution >= 4 is 16.5 Å². The molecule has 0 saturated carbocycles. The SMILES string of the molecule is CCCCCCCCCCCCCCCCCC[N+](CCC)(CCC)c1cccc2ccccc12.[OH-]. The Balaban J connectivity index is 0.00000648. The molecule has 0 spiro atoms. The van der Waals surface area contributed by atoms with Gasteiger partial charge in [-0.15, -0.1) is 0 Å². The fourth-order valence-corrected chi connectivity index (χ4v) is 6.14.